The van der Waals surface area contributed by atoms with Crippen molar-refractivity contribution in [3.05, 3.63) is 0 Å². The number of unbranched alkanes of at least 4 members (excludes halogenated alkanes) is 1. The summed E-state index contributed by atoms with van der Waals surface area (Å²) in [7, 11) is 0. The van der Waals surface area contributed by atoms with Gasteiger partial charge in [0.1, 0.15) is 6.07 Å². The summed E-state index contributed by atoms with van der Waals surface area (Å²) >= 11 is 0. The minimum Gasteiger partial charge on any atom is -0.450 e. The third-order valence-corrected chi connectivity index (χ3v) is 1.000. The van der Waals surface area contributed by atoms with Crippen molar-refractivity contribution >= 4 is 5.97 Å². The van der Waals surface area contributed by atoms with Crippen molar-refractivity contribution in [2.75, 3.05) is 6.61 Å². The Morgan fingerprint density at radius 1 is 1.64 bits per heavy atom. The molecule has 11 heavy (non-hydrogen) atoms. The van der Waals surface area contributed by atoms with Gasteiger partial charge in [0.2, 0.25) is 0 Å². The van der Waals surface area contributed by atoms with Gasteiger partial charge in [0.15, 0.2) is 6.61 Å². The molecule has 0 aromatic carbocycles. The Balaban J connectivity index is 3.26. The SMILES string of the molecule is C#CCCCC(=O)OCC#N. The normalized spacial score (nSPS) is 7.82. The van der Waals surface area contributed by atoms with Gasteiger partial charge >= 0.3 is 5.97 Å². The number of nitrogens with zero attached hydrogens (tertiary/aromatic N) is 1. The summed E-state index contributed by atoms with van der Waals surface area (Å²) in [5.74, 6) is 2.05. The van der Waals surface area contributed by atoms with Crippen molar-refractivity contribution in [2.45, 2.75) is 19.3 Å². The maximum Gasteiger partial charge on any atom is 0.306 e. The standard InChI is InChI=1S/C8H9NO2/c1-2-3-4-5-8(10)11-7-6-9/h1H,3-5,7H2. The van der Waals surface area contributed by atoms with E-state index in [1.165, 1.54) is 0 Å². The molecule has 58 valence electrons. The molecule has 0 heterocycles. The lowest BCUT2D eigenvalue weighted by Gasteiger charge is -1.96. The highest BCUT2D eigenvalue weighted by Gasteiger charge is 1.99. The molecule has 0 amide bonds. The van der Waals surface area contributed by atoms with E-state index in [2.05, 4.69) is 10.7 Å². The summed E-state index contributed by atoms with van der Waals surface area (Å²) in [6.45, 7) is -0.172. The van der Waals surface area contributed by atoms with E-state index in [4.69, 9.17) is 11.7 Å². The van der Waals surface area contributed by atoms with E-state index in [1.807, 2.05) is 0 Å². The summed E-state index contributed by atoms with van der Waals surface area (Å²) < 4.78 is 4.47. The van der Waals surface area contributed by atoms with Crippen LogP contribution in [-0.4, -0.2) is 12.6 Å². The van der Waals surface area contributed by atoms with Crippen LogP contribution in [0.3, 0.4) is 0 Å². The molecule has 3 heteroatoms. The Kier molecular flexibility index (Phi) is 5.74. The fraction of sp³-hybridized carbons (Fsp3) is 0.500. The number of rotatable bonds is 4. The largest absolute Gasteiger partial charge is 0.450 e. The second-order valence-electron chi connectivity index (χ2n) is 1.88. The lowest BCUT2D eigenvalue weighted by molar-refractivity contribution is -0.142. The topological polar surface area (TPSA) is 50.1 Å². The van der Waals surface area contributed by atoms with Crippen LogP contribution >= 0.6 is 0 Å². The van der Waals surface area contributed by atoms with Gasteiger partial charge in [-0.25, -0.2) is 0 Å². The predicted molar refractivity (Wildman–Crippen MR) is 39.3 cm³/mol. The van der Waals surface area contributed by atoms with Gasteiger partial charge in [-0.3, -0.25) is 4.79 Å². The first-order valence-electron chi connectivity index (χ1n) is 3.27. The number of hydrogen-bond donors (Lipinski definition) is 0. The van der Waals surface area contributed by atoms with Crippen molar-refractivity contribution in [3.63, 3.8) is 0 Å². The lowest BCUT2D eigenvalue weighted by Crippen LogP contribution is -2.03. The maximum absolute atomic E-state index is 10.6. The van der Waals surface area contributed by atoms with Gasteiger partial charge < -0.3 is 4.74 Å². The van der Waals surface area contributed by atoms with Crippen LogP contribution < -0.4 is 0 Å². The molecule has 3 nitrogen and oxygen atoms in total. The van der Waals surface area contributed by atoms with E-state index < -0.39 is 0 Å². The number of ether oxygens (including phenoxy) is 1. The molecule has 0 atom stereocenters. The van der Waals surface area contributed by atoms with Crippen molar-refractivity contribution in [1.82, 2.24) is 0 Å². The molecule has 0 N–H and O–H groups in total. The minimum atomic E-state index is -0.359. The average molecular weight is 151 g/mol. The molecule has 0 aliphatic rings. The summed E-state index contributed by atoms with van der Waals surface area (Å²) in [5.41, 5.74) is 0. The fourth-order valence-corrected chi connectivity index (χ4v) is 0.520. The minimum absolute atomic E-state index is 0.172. The van der Waals surface area contributed by atoms with Crippen LogP contribution in [0.4, 0.5) is 0 Å². The number of hydrogen-bond acceptors (Lipinski definition) is 3. The summed E-state index contributed by atoms with van der Waals surface area (Å²) in [5, 5.41) is 8.03. The molecule has 0 saturated heterocycles. The Morgan fingerprint density at radius 3 is 2.91 bits per heavy atom. The van der Waals surface area contributed by atoms with E-state index in [1.54, 1.807) is 6.07 Å². The highest BCUT2D eigenvalue weighted by Crippen LogP contribution is 1.95. The zero-order valence-corrected chi connectivity index (χ0v) is 6.17. The number of esters is 1. The van der Waals surface area contributed by atoms with E-state index in [0.717, 1.165) is 0 Å². The van der Waals surface area contributed by atoms with Crippen LogP contribution in [0.5, 0.6) is 0 Å². The van der Waals surface area contributed by atoms with E-state index in [9.17, 15) is 4.79 Å². The molecule has 0 radical (unpaired) electrons. The molecule has 0 rings (SSSR count). The van der Waals surface area contributed by atoms with Crippen LogP contribution in [0, 0.1) is 23.7 Å². The van der Waals surface area contributed by atoms with Gasteiger partial charge in [0, 0.05) is 12.8 Å². The van der Waals surface area contributed by atoms with Crippen LogP contribution in [0.15, 0.2) is 0 Å². The Morgan fingerprint density at radius 2 is 2.36 bits per heavy atom. The van der Waals surface area contributed by atoms with Gasteiger partial charge in [-0.1, -0.05) is 0 Å². The first-order valence-corrected chi connectivity index (χ1v) is 3.27. The number of carbonyl (C=O) groups is 1. The van der Waals surface area contributed by atoms with Crippen LogP contribution in [0.1, 0.15) is 19.3 Å². The zero-order chi connectivity index (χ0) is 8.53. The van der Waals surface area contributed by atoms with Crippen molar-refractivity contribution in [2.24, 2.45) is 0 Å². The van der Waals surface area contributed by atoms with E-state index >= 15 is 0 Å². The summed E-state index contributed by atoms with van der Waals surface area (Å²) in [6.07, 6.45) is 6.45. The molecule has 0 unspecified atom stereocenters. The average Bonchev–Trinajstić information content (AvgIpc) is 2.01. The molecule has 0 aromatic heterocycles. The first-order chi connectivity index (χ1) is 5.31. The molecule has 0 aliphatic carbocycles. The molecule has 0 aromatic rings. The molecular weight excluding hydrogens is 142 g/mol. The molecule has 0 saturated carbocycles. The monoisotopic (exact) mass is 151 g/mol. The fourth-order valence-electron chi connectivity index (χ4n) is 0.520. The lowest BCUT2D eigenvalue weighted by atomic mass is 10.2. The second kappa shape index (κ2) is 6.64. The molecule has 0 aliphatic heterocycles. The number of carbonyl (C=O) groups excluding carboxylic acids is 1. The van der Waals surface area contributed by atoms with Gasteiger partial charge in [-0.15, -0.1) is 12.3 Å². The van der Waals surface area contributed by atoms with Crippen LogP contribution in [-0.2, 0) is 9.53 Å². The van der Waals surface area contributed by atoms with Gasteiger partial charge in [0.05, 0.1) is 0 Å². The molecular formula is C8H9NO2. The van der Waals surface area contributed by atoms with Crippen molar-refractivity contribution in [1.29, 1.82) is 5.26 Å². The number of nitriles is 1. The number of terminal acetylenes is 1. The first kappa shape index (κ1) is 9.52. The summed E-state index contributed by atoms with van der Waals surface area (Å²) in [4.78, 5) is 10.6. The third kappa shape index (κ3) is 6.40. The Bertz CT molecular complexity index is 197. The van der Waals surface area contributed by atoms with Crippen molar-refractivity contribution < 1.29 is 9.53 Å². The second-order valence-corrected chi connectivity index (χ2v) is 1.88. The van der Waals surface area contributed by atoms with Gasteiger partial charge in [0.25, 0.3) is 0 Å². The smallest absolute Gasteiger partial charge is 0.306 e. The molecule has 0 bridgehead atoms. The highest BCUT2D eigenvalue weighted by molar-refractivity contribution is 5.69. The predicted octanol–water partition coefficient (Wildman–Crippen LogP) is 0.857. The highest BCUT2D eigenvalue weighted by atomic mass is 16.5. The van der Waals surface area contributed by atoms with Gasteiger partial charge in [-0.2, -0.15) is 5.26 Å². The van der Waals surface area contributed by atoms with Crippen molar-refractivity contribution in [3.8, 4) is 18.4 Å². The zero-order valence-electron chi connectivity index (χ0n) is 6.17. The van der Waals surface area contributed by atoms with Gasteiger partial charge in [-0.05, 0) is 6.42 Å². The molecule has 0 spiro atoms. The summed E-state index contributed by atoms with van der Waals surface area (Å²) in [6, 6.07) is 1.71. The van der Waals surface area contributed by atoms with Crippen LogP contribution in [0.25, 0.3) is 0 Å². The van der Waals surface area contributed by atoms with E-state index in [0.29, 0.717) is 19.3 Å². The quantitative estimate of drug-likeness (QED) is 0.340. The Hall–Kier alpha value is -1.48. The van der Waals surface area contributed by atoms with Crippen LogP contribution in [0.2, 0.25) is 0 Å². The Labute approximate surface area is 66.0 Å². The van der Waals surface area contributed by atoms with E-state index in [-0.39, 0.29) is 12.6 Å². The third-order valence-electron chi connectivity index (χ3n) is 1.000. The maximum atomic E-state index is 10.6. The molecule has 0 fully saturated rings.